The predicted molar refractivity (Wildman–Crippen MR) is 132 cm³/mol. The van der Waals surface area contributed by atoms with Gasteiger partial charge in [-0.2, -0.15) is 4.39 Å². The fourth-order valence-electron chi connectivity index (χ4n) is 8.97. The minimum atomic E-state index is -1.27. The number of ketones is 2. The third kappa shape index (κ3) is 2.85. The molecule has 0 radical (unpaired) electrons. The Hall–Kier alpha value is -1.88. The molecule has 0 spiro atoms. The highest BCUT2D eigenvalue weighted by Gasteiger charge is 2.68. The van der Waals surface area contributed by atoms with Crippen molar-refractivity contribution in [2.75, 3.05) is 7.11 Å². The molecule has 0 aromatic heterocycles. The van der Waals surface area contributed by atoms with Gasteiger partial charge in [-0.3, -0.25) is 14.4 Å². The third-order valence-electron chi connectivity index (χ3n) is 11.9. The minimum Gasteiger partial charge on any atom is -0.365 e. The Kier molecular flexibility index (Phi) is 5.04. The summed E-state index contributed by atoms with van der Waals surface area (Å²) in [5, 5.41) is 0. The lowest BCUT2D eigenvalue weighted by molar-refractivity contribution is -0.173. The van der Waals surface area contributed by atoms with Gasteiger partial charge in [0.2, 0.25) is 11.6 Å². The van der Waals surface area contributed by atoms with Gasteiger partial charge in [-0.25, -0.2) is 0 Å². The summed E-state index contributed by atoms with van der Waals surface area (Å²) in [5.41, 5.74) is 0.265. The topological polar surface area (TPSA) is 60.4 Å². The Labute approximate surface area is 208 Å². The van der Waals surface area contributed by atoms with E-state index in [0.717, 1.165) is 43.3 Å². The maximum atomic E-state index is 14.3. The molecule has 0 saturated heterocycles. The molecule has 190 valence electrons. The Morgan fingerprint density at radius 1 is 0.914 bits per heavy atom. The van der Waals surface area contributed by atoms with Crippen LogP contribution in [0.1, 0.15) is 86.5 Å². The van der Waals surface area contributed by atoms with Crippen LogP contribution in [0.15, 0.2) is 34.9 Å². The van der Waals surface area contributed by atoms with Crippen LogP contribution in [0.5, 0.6) is 0 Å². The molecule has 0 amide bonds. The van der Waals surface area contributed by atoms with Gasteiger partial charge in [0, 0.05) is 12.5 Å². The van der Waals surface area contributed by atoms with Crippen molar-refractivity contribution in [2.24, 2.45) is 33.0 Å². The molecule has 3 fully saturated rings. The molecule has 35 heavy (non-hydrogen) atoms. The number of methoxy groups -OCH3 is 1. The second kappa shape index (κ2) is 7.12. The van der Waals surface area contributed by atoms with Gasteiger partial charge in [-0.05, 0) is 98.2 Å². The molecule has 5 rings (SSSR count). The van der Waals surface area contributed by atoms with Gasteiger partial charge in [0.1, 0.15) is 0 Å². The summed E-state index contributed by atoms with van der Waals surface area (Å²) in [7, 11) is 1.49. The quantitative estimate of drug-likeness (QED) is 0.345. The molecule has 3 saturated carbocycles. The van der Waals surface area contributed by atoms with Crippen LogP contribution in [0.25, 0.3) is 0 Å². The van der Waals surface area contributed by atoms with E-state index in [1.165, 1.54) is 12.7 Å². The Balaban J connectivity index is 1.66. The smallest absolute Gasteiger partial charge is 0.307 e. The number of Topliss-reactive ketones (excluding diaryl/α,β-unsaturated/α-hetero) is 1. The first-order valence-corrected chi connectivity index (χ1v) is 13.1. The summed E-state index contributed by atoms with van der Waals surface area (Å²) in [6, 6.07) is -1.17. The standard InChI is InChI=1S/C30H39FO4/c1-25-10-11-26(2,24(31)34)17-22(25)29(5)15-13-27(3)19-16-20(32)23(33)30(6,35-7)18(19)8-9-21(27)28(29,4)14-12-25/h8-9,16,22H,10-15,17H2,1-7H3/t22-,25-,26-,27+,28-,29+,30+/m1/s1. The van der Waals surface area contributed by atoms with Crippen LogP contribution in [0.2, 0.25) is 0 Å². The van der Waals surface area contributed by atoms with Crippen LogP contribution in [-0.2, 0) is 19.1 Å². The monoisotopic (exact) mass is 482 g/mol. The van der Waals surface area contributed by atoms with Gasteiger partial charge in [0.15, 0.2) is 5.60 Å². The average molecular weight is 483 g/mol. The maximum Gasteiger partial charge on any atom is 0.307 e. The highest BCUT2D eigenvalue weighted by Crippen LogP contribution is 2.75. The first kappa shape index (κ1) is 24.8. The third-order valence-corrected chi connectivity index (χ3v) is 11.9. The predicted octanol–water partition coefficient (Wildman–Crippen LogP) is 6.25. The Bertz CT molecular complexity index is 1150. The Morgan fingerprint density at radius 2 is 1.57 bits per heavy atom. The molecule has 5 aliphatic carbocycles. The van der Waals surface area contributed by atoms with E-state index in [9.17, 15) is 18.8 Å². The average Bonchev–Trinajstić information content (AvgIpc) is 2.81. The van der Waals surface area contributed by atoms with Crippen LogP contribution in [-0.4, -0.2) is 30.3 Å². The lowest BCUT2D eigenvalue weighted by atomic mass is 9.34. The molecule has 4 nitrogen and oxygen atoms in total. The SMILES string of the molecule is CO[C@]1(C)C(=O)C(=O)C=C2C1=CC=C1[C@@]2(C)CC[C@@]2(C)[C@@H]3C[C@](C)(C(=O)F)CC[C@]3(C)CC[C@]12C. The summed E-state index contributed by atoms with van der Waals surface area (Å²) in [6.45, 7) is 12.8. The van der Waals surface area contributed by atoms with Crippen molar-refractivity contribution in [1.29, 1.82) is 0 Å². The van der Waals surface area contributed by atoms with Crippen molar-refractivity contribution in [3.8, 4) is 0 Å². The van der Waals surface area contributed by atoms with Gasteiger partial charge in [0.25, 0.3) is 0 Å². The number of fused-ring (bicyclic) bond motifs is 7. The first-order chi connectivity index (χ1) is 16.1. The molecule has 5 aliphatic rings. The van der Waals surface area contributed by atoms with E-state index in [0.29, 0.717) is 12.8 Å². The maximum absolute atomic E-state index is 14.3. The van der Waals surface area contributed by atoms with E-state index in [1.807, 2.05) is 13.0 Å². The highest BCUT2D eigenvalue weighted by atomic mass is 19.1. The normalized spacial score (nSPS) is 49.0. The first-order valence-electron chi connectivity index (χ1n) is 13.1. The van der Waals surface area contributed by atoms with Crippen molar-refractivity contribution in [3.63, 3.8) is 0 Å². The molecule has 0 heterocycles. The molecule has 0 bridgehead atoms. The number of allylic oxidation sites excluding steroid dienone is 4. The summed E-state index contributed by atoms with van der Waals surface area (Å²) >= 11 is 0. The molecular weight excluding hydrogens is 443 g/mol. The zero-order valence-corrected chi connectivity index (χ0v) is 22.3. The van der Waals surface area contributed by atoms with E-state index in [1.54, 1.807) is 13.0 Å². The lowest BCUT2D eigenvalue weighted by Gasteiger charge is -2.70. The highest BCUT2D eigenvalue weighted by molar-refractivity contribution is 6.46. The van der Waals surface area contributed by atoms with Crippen molar-refractivity contribution < 1.29 is 23.5 Å². The van der Waals surface area contributed by atoms with Crippen molar-refractivity contribution in [1.82, 2.24) is 0 Å². The fourth-order valence-corrected chi connectivity index (χ4v) is 8.97. The van der Waals surface area contributed by atoms with Gasteiger partial charge in [-0.15, -0.1) is 0 Å². The number of halogens is 1. The van der Waals surface area contributed by atoms with Gasteiger partial charge < -0.3 is 4.74 Å². The van der Waals surface area contributed by atoms with Crippen LogP contribution in [0.4, 0.5) is 4.39 Å². The number of ether oxygens (including phenoxy) is 1. The van der Waals surface area contributed by atoms with E-state index in [-0.39, 0.29) is 27.6 Å². The summed E-state index contributed by atoms with van der Waals surface area (Å²) < 4.78 is 19.9. The molecule has 0 aliphatic heterocycles. The zero-order chi connectivity index (χ0) is 25.8. The molecule has 0 N–H and O–H groups in total. The number of hydrogen-bond donors (Lipinski definition) is 0. The summed E-state index contributed by atoms with van der Waals surface area (Å²) in [4.78, 5) is 37.7. The fraction of sp³-hybridized carbons (Fsp3) is 0.700. The van der Waals surface area contributed by atoms with Gasteiger partial charge in [-0.1, -0.05) is 45.4 Å². The Morgan fingerprint density at radius 3 is 2.20 bits per heavy atom. The number of rotatable bonds is 2. The molecular formula is C30H39FO4. The van der Waals surface area contributed by atoms with Crippen molar-refractivity contribution in [2.45, 2.75) is 92.1 Å². The van der Waals surface area contributed by atoms with Crippen molar-refractivity contribution >= 4 is 17.6 Å². The summed E-state index contributed by atoms with van der Waals surface area (Å²) in [5.74, 6) is -0.785. The van der Waals surface area contributed by atoms with E-state index in [2.05, 4.69) is 33.8 Å². The second-order valence-corrected chi connectivity index (χ2v) is 13.5. The molecule has 7 atom stereocenters. The van der Waals surface area contributed by atoms with Crippen molar-refractivity contribution in [3.05, 3.63) is 34.9 Å². The molecule has 0 unspecified atom stereocenters. The number of carbonyl (C=O) groups is 3. The largest absolute Gasteiger partial charge is 0.365 e. The van der Waals surface area contributed by atoms with Crippen LogP contribution in [0.3, 0.4) is 0 Å². The molecule has 0 aromatic rings. The van der Waals surface area contributed by atoms with Crippen LogP contribution in [0, 0.1) is 33.0 Å². The minimum absolute atomic E-state index is 0.0916. The number of hydrogen-bond acceptors (Lipinski definition) is 4. The number of carbonyl (C=O) groups excluding carboxylic acids is 3. The van der Waals surface area contributed by atoms with E-state index >= 15 is 0 Å². The van der Waals surface area contributed by atoms with E-state index in [4.69, 9.17) is 4.74 Å². The summed E-state index contributed by atoms with van der Waals surface area (Å²) in [6.07, 6.45) is 11.6. The zero-order valence-electron chi connectivity index (χ0n) is 22.3. The van der Waals surface area contributed by atoms with Gasteiger partial charge >= 0.3 is 6.04 Å². The second-order valence-electron chi connectivity index (χ2n) is 13.5. The molecule has 5 heteroatoms. The van der Waals surface area contributed by atoms with Crippen LogP contribution >= 0.6 is 0 Å². The van der Waals surface area contributed by atoms with E-state index < -0.39 is 28.6 Å². The lowest BCUT2D eigenvalue weighted by Crippen LogP contribution is -2.62. The van der Waals surface area contributed by atoms with Crippen LogP contribution < -0.4 is 0 Å². The molecule has 0 aromatic carbocycles. The van der Waals surface area contributed by atoms with Gasteiger partial charge in [0.05, 0.1) is 5.41 Å².